The predicted molar refractivity (Wildman–Crippen MR) is 55.2 cm³/mol. The van der Waals surface area contributed by atoms with Gasteiger partial charge < -0.3 is 15.2 Å². The van der Waals surface area contributed by atoms with Crippen molar-refractivity contribution in [2.45, 2.75) is 6.42 Å². The monoisotopic (exact) mass is 211 g/mol. The van der Waals surface area contributed by atoms with Crippen molar-refractivity contribution in [2.24, 2.45) is 5.92 Å². The number of anilines is 1. The average molecular weight is 211 g/mol. The number of halogens is 1. The third-order valence-electron chi connectivity index (χ3n) is 2.48. The van der Waals surface area contributed by atoms with Gasteiger partial charge in [-0.05, 0) is 18.6 Å². The molecule has 4 heteroatoms. The summed E-state index contributed by atoms with van der Waals surface area (Å²) in [4.78, 5) is 0. The molecule has 2 rings (SSSR count). The molecule has 3 nitrogen and oxygen atoms in total. The van der Waals surface area contributed by atoms with E-state index in [1.807, 2.05) is 0 Å². The molecule has 1 heterocycles. The summed E-state index contributed by atoms with van der Waals surface area (Å²) in [6, 6.07) is 4.54. The number of hydrogen-bond donors (Lipinski definition) is 1. The van der Waals surface area contributed by atoms with Crippen LogP contribution in [0.3, 0.4) is 0 Å². The lowest BCUT2D eigenvalue weighted by molar-refractivity contribution is 0.166. The highest BCUT2D eigenvalue weighted by Crippen LogP contribution is 2.26. The van der Waals surface area contributed by atoms with Crippen molar-refractivity contribution in [2.75, 3.05) is 25.6 Å². The van der Waals surface area contributed by atoms with E-state index in [4.69, 9.17) is 15.2 Å². The quantitative estimate of drug-likeness (QED) is 0.776. The molecule has 0 aromatic heterocycles. The largest absolute Gasteiger partial charge is 0.488 e. The molecule has 1 aromatic rings. The zero-order valence-corrected chi connectivity index (χ0v) is 8.41. The minimum Gasteiger partial charge on any atom is -0.488 e. The first-order chi connectivity index (χ1) is 7.27. The normalized spacial score (nSPS) is 20.5. The molecule has 1 aromatic carbocycles. The van der Waals surface area contributed by atoms with Crippen LogP contribution in [0.25, 0.3) is 0 Å². The Kier molecular flexibility index (Phi) is 3.06. The van der Waals surface area contributed by atoms with Gasteiger partial charge in [0.1, 0.15) is 0 Å². The molecule has 0 spiro atoms. The van der Waals surface area contributed by atoms with Crippen molar-refractivity contribution >= 4 is 5.69 Å². The second-order valence-electron chi connectivity index (χ2n) is 3.70. The number of hydrogen-bond acceptors (Lipinski definition) is 3. The highest BCUT2D eigenvalue weighted by Gasteiger charge is 2.17. The van der Waals surface area contributed by atoms with Crippen molar-refractivity contribution in [3.8, 4) is 5.75 Å². The van der Waals surface area contributed by atoms with E-state index in [1.165, 1.54) is 6.07 Å². The van der Waals surface area contributed by atoms with Gasteiger partial charge in [-0.2, -0.15) is 0 Å². The molecule has 0 bridgehead atoms. The van der Waals surface area contributed by atoms with Gasteiger partial charge in [-0.1, -0.05) is 6.07 Å². The Morgan fingerprint density at radius 1 is 1.53 bits per heavy atom. The highest BCUT2D eigenvalue weighted by molar-refractivity contribution is 5.52. The summed E-state index contributed by atoms with van der Waals surface area (Å²) >= 11 is 0. The van der Waals surface area contributed by atoms with Crippen molar-refractivity contribution in [1.82, 2.24) is 0 Å². The first-order valence-electron chi connectivity index (χ1n) is 5.02. The Morgan fingerprint density at radius 3 is 3.07 bits per heavy atom. The van der Waals surface area contributed by atoms with Crippen LogP contribution >= 0.6 is 0 Å². The second kappa shape index (κ2) is 4.49. The van der Waals surface area contributed by atoms with E-state index in [2.05, 4.69) is 0 Å². The van der Waals surface area contributed by atoms with Gasteiger partial charge in [0.15, 0.2) is 11.6 Å². The SMILES string of the molecule is Nc1cccc(F)c1OCC1CCOC1. The van der Waals surface area contributed by atoms with Gasteiger partial charge in [-0.15, -0.1) is 0 Å². The molecule has 1 aliphatic rings. The van der Waals surface area contributed by atoms with Crippen molar-refractivity contribution in [3.63, 3.8) is 0 Å². The maximum absolute atomic E-state index is 13.3. The fraction of sp³-hybridized carbons (Fsp3) is 0.455. The van der Waals surface area contributed by atoms with Gasteiger partial charge >= 0.3 is 0 Å². The third kappa shape index (κ3) is 2.39. The maximum Gasteiger partial charge on any atom is 0.177 e. The molecule has 82 valence electrons. The van der Waals surface area contributed by atoms with Gasteiger partial charge in [0.25, 0.3) is 0 Å². The van der Waals surface area contributed by atoms with Crippen LogP contribution in [0.5, 0.6) is 5.75 Å². The summed E-state index contributed by atoms with van der Waals surface area (Å²) in [6.45, 7) is 1.92. The fourth-order valence-electron chi connectivity index (χ4n) is 1.59. The highest BCUT2D eigenvalue weighted by atomic mass is 19.1. The molecular formula is C11H14FNO2. The van der Waals surface area contributed by atoms with Crippen LogP contribution in [0.2, 0.25) is 0 Å². The molecule has 15 heavy (non-hydrogen) atoms. The molecule has 1 fully saturated rings. The Balaban J connectivity index is 1.97. The second-order valence-corrected chi connectivity index (χ2v) is 3.70. The molecule has 1 atom stereocenters. The molecular weight excluding hydrogens is 197 g/mol. The number of benzene rings is 1. The van der Waals surface area contributed by atoms with E-state index in [9.17, 15) is 4.39 Å². The summed E-state index contributed by atoms with van der Waals surface area (Å²) in [5.74, 6) is 0.0994. The molecule has 1 aliphatic heterocycles. The van der Waals surface area contributed by atoms with E-state index in [0.29, 0.717) is 24.8 Å². The van der Waals surface area contributed by atoms with Gasteiger partial charge in [0, 0.05) is 12.5 Å². The maximum atomic E-state index is 13.3. The molecule has 1 saturated heterocycles. The lowest BCUT2D eigenvalue weighted by Gasteiger charge is -2.12. The summed E-state index contributed by atoms with van der Waals surface area (Å²) in [5, 5.41) is 0. The Morgan fingerprint density at radius 2 is 2.40 bits per heavy atom. The first-order valence-corrected chi connectivity index (χ1v) is 5.02. The Labute approximate surface area is 88.0 Å². The van der Waals surface area contributed by atoms with E-state index in [0.717, 1.165) is 13.0 Å². The number of ether oxygens (including phenoxy) is 2. The van der Waals surface area contributed by atoms with E-state index in [-0.39, 0.29) is 5.75 Å². The van der Waals surface area contributed by atoms with Crippen molar-refractivity contribution < 1.29 is 13.9 Å². The van der Waals surface area contributed by atoms with Crippen LogP contribution < -0.4 is 10.5 Å². The zero-order valence-electron chi connectivity index (χ0n) is 8.41. The minimum absolute atomic E-state index is 0.157. The zero-order chi connectivity index (χ0) is 10.7. The van der Waals surface area contributed by atoms with Crippen LogP contribution in [0, 0.1) is 11.7 Å². The number of nitrogens with two attached hydrogens (primary N) is 1. The molecule has 0 aliphatic carbocycles. The van der Waals surface area contributed by atoms with Crippen LogP contribution in [-0.4, -0.2) is 19.8 Å². The van der Waals surface area contributed by atoms with Crippen LogP contribution in [0.15, 0.2) is 18.2 Å². The van der Waals surface area contributed by atoms with Crippen LogP contribution in [-0.2, 0) is 4.74 Å². The van der Waals surface area contributed by atoms with Gasteiger partial charge in [-0.3, -0.25) is 0 Å². The van der Waals surface area contributed by atoms with Crippen LogP contribution in [0.4, 0.5) is 10.1 Å². The number of nitrogen functional groups attached to an aromatic ring is 1. The summed E-state index contributed by atoms with van der Waals surface area (Å²) in [5.41, 5.74) is 5.95. The van der Waals surface area contributed by atoms with Gasteiger partial charge in [0.05, 0.1) is 18.9 Å². The average Bonchev–Trinajstić information content (AvgIpc) is 2.70. The van der Waals surface area contributed by atoms with E-state index < -0.39 is 5.82 Å². The fourth-order valence-corrected chi connectivity index (χ4v) is 1.59. The molecule has 1 unspecified atom stereocenters. The molecule has 0 saturated carbocycles. The summed E-state index contributed by atoms with van der Waals surface area (Å²) < 4.78 is 23.9. The van der Waals surface area contributed by atoms with Gasteiger partial charge in [0.2, 0.25) is 0 Å². The summed E-state index contributed by atoms with van der Waals surface area (Å²) in [7, 11) is 0. The third-order valence-corrected chi connectivity index (χ3v) is 2.48. The lowest BCUT2D eigenvalue weighted by atomic mass is 10.1. The van der Waals surface area contributed by atoms with E-state index in [1.54, 1.807) is 12.1 Å². The number of para-hydroxylation sites is 1. The lowest BCUT2D eigenvalue weighted by Crippen LogP contribution is -2.13. The Bertz CT molecular complexity index is 317. The van der Waals surface area contributed by atoms with Gasteiger partial charge in [-0.25, -0.2) is 4.39 Å². The van der Waals surface area contributed by atoms with Crippen molar-refractivity contribution in [3.05, 3.63) is 24.0 Å². The minimum atomic E-state index is -0.408. The first kappa shape index (κ1) is 10.2. The topological polar surface area (TPSA) is 44.5 Å². The number of rotatable bonds is 3. The summed E-state index contributed by atoms with van der Waals surface area (Å²) in [6.07, 6.45) is 0.967. The molecule has 0 radical (unpaired) electrons. The molecule has 2 N–H and O–H groups in total. The van der Waals surface area contributed by atoms with Crippen LogP contribution in [0.1, 0.15) is 6.42 Å². The smallest absolute Gasteiger partial charge is 0.177 e. The predicted octanol–water partition coefficient (Wildman–Crippen LogP) is 1.82. The van der Waals surface area contributed by atoms with E-state index >= 15 is 0 Å². The Hall–Kier alpha value is -1.29. The molecule has 0 amide bonds. The van der Waals surface area contributed by atoms with Crippen molar-refractivity contribution in [1.29, 1.82) is 0 Å². The standard InChI is InChI=1S/C11H14FNO2/c12-9-2-1-3-10(13)11(9)15-7-8-4-5-14-6-8/h1-3,8H,4-7,13H2.